The normalized spacial score (nSPS) is 15.6. The summed E-state index contributed by atoms with van der Waals surface area (Å²) in [5.74, 6) is -0.937. The van der Waals surface area contributed by atoms with E-state index in [0.29, 0.717) is 15.6 Å². The summed E-state index contributed by atoms with van der Waals surface area (Å²) >= 11 is 6.70. The zero-order valence-electron chi connectivity index (χ0n) is 13.9. The quantitative estimate of drug-likeness (QED) is 0.794. The van der Waals surface area contributed by atoms with Gasteiger partial charge in [0, 0.05) is 10.7 Å². The summed E-state index contributed by atoms with van der Waals surface area (Å²) in [6, 6.07) is 14.2. The first-order valence-corrected chi connectivity index (χ1v) is 8.99. The van der Waals surface area contributed by atoms with E-state index < -0.39 is 17.1 Å². The van der Waals surface area contributed by atoms with E-state index in [1.54, 1.807) is 30.3 Å². The predicted octanol–water partition coefficient (Wildman–Crippen LogP) is 4.32. The van der Waals surface area contributed by atoms with Crippen LogP contribution in [0, 0.1) is 6.92 Å². The molecule has 0 saturated carbocycles. The Labute approximate surface area is 160 Å². The lowest BCUT2D eigenvalue weighted by atomic mass is 10.1. The van der Waals surface area contributed by atoms with Gasteiger partial charge >= 0.3 is 0 Å². The Morgan fingerprint density at radius 3 is 2.62 bits per heavy atom. The molecule has 0 aliphatic carbocycles. The molecule has 2 aromatic carbocycles. The minimum absolute atomic E-state index is 0.300. The summed E-state index contributed by atoms with van der Waals surface area (Å²) in [5, 5.41) is 2.64. The first-order valence-electron chi connectivity index (χ1n) is 7.80. The zero-order chi connectivity index (χ0) is 18.7. The van der Waals surface area contributed by atoms with Crippen molar-refractivity contribution in [3.63, 3.8) is 0 Å². The number of nitrogens with zero attached hydrogens (tertiary/aromatic N) is 1. The van der Waals surface area contributed by atoms with Gasteiger partial charge in [0.15, 0.2) is 0 Å². The van der Waals surface area contributed by atoms with Crippen LogP contribution in [0.1, 0.15) is 11.1 Å². The first kappa shape index (κ1) is 18.2. The maximum atomic E-state index is 12.4. The minimum atomic E-state index is -0.471. The summed E-state index contributed by atoms with van der Waals surface area (Å²) in [6.45, 7) is 1.62. The molecule has 0 unspecified atom stereocenters. The number of imide groups is 1. The van der Waals surface area contributed by atoms with Crippen LogP contribution in [0.15, 0.2) is 53.4 Å². The second-order valence-corrected chi connectivity index (χ2v) is 7.17. The predicted molar refractivity (Wildman–Crippen MR) is 104 cm³/mol. The van der Waals surface area contributed by atoms with Gasteiger partial charge in [0.25, 0.3) is 11.1 Å². The van der Waals surface area contributed by atoms with E-state index in [1.807, 2.05) is 31.2 Å². The zero-order valence-corrected chi connectivity index (χ0v) is 15.4. The molecular weight excluding hydrogens is 372 g/mol. The summed E-state index contributed by atoms with van der Waals surface area (Å²) in [7, 11) is 0. The number of nitrogens with one attached hydrogen (secondary N) is 1. The van der Waals surface area contributed by atoms with E-state index in [9.17, 15) is 14.4 Å². The fraction of sp³-hybridized carbons (Fsp3) is 0.105. The fourth-order valence-electron chi connectivity index (χ4n) is 2.36. The highest BCUT2D eigenvalue weighted by Crippen LogP contribution is 2.32. The number of carbonyl (C=O) groups is 3. The Hall–Kier alpha value is -2.57. The third-order valence-electron chi connectivity index (χ3n) is 3.66. The third-order valence-corrected chi connectivity index (χ3v) is 4.80. The molecule has 7 heteroatoms. The van der Waals surface area contributed by atoms with Crippen molar-refractivity contribution in [3.05, 3.63) is 69.6 Å². The fourth-order valence-corrected chi connectivity index (χ4v) is 3.39. The average molecular weight is 387 g/mol. The second kappa shape index (κ2) is 7.76. The van der Waals surface area contributed by atoms with Crippen molar-refractivity contribution in [1.82, 2.24) is 4.90 Å². The Morgan fingerprint density at radius 2 is 1.92 bits per heavy atom. The molecule has 26 heavy (non-hydrogen) atoms. The van der Waals surface area contributed by atoms with Gasteiger partial charge in [-0.05, 0) is 48.5 Å². The second-order valence-electron chi connectivity index (χ2n) is 5.74. The molecule has 3 rings (SSSR count). The lowest BCUT2D eigenvalue weighted by Gasteiger charge is -2.12. The molecule has 0 bridgehead atoms. The smallest absolute Gasteiger partial charge is 0.294 e. The van der Waals surface area contributed by atoms with Crippen LogP contribution in [0.3, 0.4) is 0 Å². The van der Waals surface area contributed by atoms with Gasteiger partial charge in [-0.1, -0.05) is 47.5 Å². The molecule has 0 radical (unpaired) electrons. The number of benzene rings is 2. The van der Waals surface area contributed by atoms with Gasteiger partial charge < -0.3 is 5.32 Å². The lowest BCUT2D eigenvalue weighted by Crippen LogP contribution is -2.36. The van der Waals surface area contributed by atoms with Crippen molar-refractivity contribution >= 4 is 52.2 Å². The molecule has 0 aromatic heterocycles. The SMILES string of the molecule is Cc1ccc(/C=C2/SC(=O)N(CC(=O)Nc3cccc(Cl)c3)C2=O)cc1. The van der Waals surface area contributed by atoms with Crippen molar-refractivity contribution in [2.45, 2.75) is 6.92 Å². The van der Waals surface area contributed by atoms with Gasteiger partial charge in [0.2, 0.25) is 5.91 Å². The number of aryl methyl sites for hydroxylation is 1. The number of halogens is 1. The first-order chi connectivity index (χ1) is 12.4. The highest BCUT2D eigenvalue weighted by Gasteiger charge is 2.36. The topological polar surface area (TPSA) is 66.5 Å². The summed E-state index contributed by atoms with van der Waals surface area (Å²) in [5.41, 5.74) is 2.43. The van der Waals surface area contributed by atoms with Gasteiger partial charge in [-0.25, -0.2) is 0 Å². The standard InChI is InChI=1S/C19H15ClN2O3S/c1-12-5-7-13(8-6-12)9-16-18(24)22(19(25)26-16)11-17(23)21-15-4-2-3-14(20)10-15/h2-10H,11H2,1H3,(H,21,23)/b16-9+. The maximum Gasteiger partial charge on any atom is 0.294 e. The summed E-state index contributed by atoms with van der Waals surface area (Å²) in [6.07, 6.45) is 1.65. The van der Waals surface area contributed by atoms with Gasteiger partial charge in [-0.2, -0.15) is 0 Å². The molecule has 3 amide bonds. The van der Waals surface area contributed by atoms with E-state index in [1.165, 1.54) is 0 Å². The van der Waals surface area contributed by atoms with Crippen LogP contribution in [0.2, 0.25) is 5.02 Å². The molecule has 1 aliphatic rings. The number of thioether (sulfide) groups is 1. The van der Waals surface area contributed by atoms with Crippen molar-refractivity contribution in [1.29, 1.82) is 0 Å². The number of amides is 3. The number of hydrogen-bond donors (Lipinski definition) is 1. The monoisotopic (exact) mass is 386 g/mol. The molecule has 1 saturated heterocycles. The Morgan fingerprint density at radius 1 is 1.19 bits per heavy atom. The van der Waals surface area contributed by atoms with Gasteiger partial charge in [0.05, 0.1) is 4.91 Å². The maximum absolute atomic E-state index is 12.4. The highest BCUT2D eigenvalue weighted by molar-refractivity contribution is 8.18. The van der Waals surface area contributed by atoms with E-state index in [-0.39, 0.29) is 6.54 Å². The van der Waals surface area contributed by atoms with Crippen LogP contribution in [0.4, 0.5) is 10.5 Å². The largest absolute Gasteiger partial charge is 0.324 e. The molecule has 1 heterocycles. The molecule has 1 fully saturated rings. The number of hydrogen-bond acceptors (Lipinski definition) is 4. The highest BCUT2D eigenvalue weighted by atomic mass is 35.5. The molecule has 5 nitrogen and oxygen atoms in total. The van der Waals surface area contributed by atoms with Crippen LogP contribution in [-0.4, -0.2) is 28.5 Å². The van der Waals surface area contributed by atoms with Gasteiger partial charge in [-0.15, -0.1) is 0 Å². The van der Waals surface area contributed by atoms with Crippen LogP contribution >= 0.6 is 23.4 Å². The summed E-state index contributed by atoms with van der Waals surface area (Å²) in [4.78, 5) is 37.9. The van der Waals surface area contributed by atoms with Crippen LogP contribution in [0.25, 0.3) is 6.08 Å². The number of anilines is 1. The van der Waals surface area contributed by atoms with Crippen LogP contribution in [-0.2, 0) is 9.59 Å². The summed E-state index contributed by atoms with van der Waals surface area (Å²) < 4.78 is 0. The van der Waals surface area contributed by atoms with E-state index >= 15 is 0 Å². The van der Waals surface area contributed by atoms with Crippen LogP contribution < -0.4 is 5.32 Å². The van der Waals surface area contributed by atoms with Gasteiger partial charge in [-0.3, -0.25) is 19.3 Å². The Kier molecular flexibility index (Phi) is 5.44. The molecule has 1 N–H and O–H groups in total. The third kappa shape index (κ3) is 4.33. The molecule has 0 atom stereocenters. The average Bonchev–Trinajstić information content (AvgIpc) is 2.84. The van der Waals surface area contributed by atoms with E-state index in [2.05, 4.69) is 5.32 Å². The van der Waals surface area contributed by atoms with E-state index in [4.69, 9.17) is 11.6 Å². The Bertz CT molecular complexity index is 909. The molecule has 0 spiro atoms. The molecular formula is C19H15ClN2O3S. The van der Waals surface area contributed by atoms with Crippen molar-refractivity contribution in [2.75, 3.05) is 11.9 Å². The number of carbonyl (C=O) groups excluding carboxylic acids is 3. The Balaban J connectivity index is 1.69. The van der Waals surface area contributed by atoms with Gasteiger partial charge in [0.1, 0.15) is 6.54 Å². The van der Waals surface area contributed by atoms with Crippen molar-refractivity contribution < 1.29 is 14.4 Å². The van der Waals surface area contributed by atoms with Crippen LogP contribution in [0.5, 0.6) is 0 Å². The minimum Gasteiger partial charge on any atom is -0.324 e. The number of rotatable bonds is 4. The molecule has 132 valence electrons. The van der Waals surface area contributed by atoms with Crippen molar-refractivity contribution in [3.8, 4) is 0 Å². The van der Waals surface area contributed by atoms with Crippen molar-refractivity contribution in [2.24, 2.45) is 0 Å². The lowest BCUT2D eigenvalue weighted by molar-refractivity contribution is -0.127. The van der Waals surface area contributed by atoms with E-state index in [0.717, 1.165) is 27.8 Å². The molecule has 1 aliphatic heterocycles. The molecule has 2 aromatic rings.